The second kappa shape index (κ2) is 6.88. The number of hydrazine groups is 1. The first-order chi connectivity index (χ1) is 12.1. The van der Waals surface area contributed by atoms with Crippen LogP contribution in [0.2, 0.25) is 0 Å². The number of benzene rings is 2. The SMILES string of the molecule is COc1ccc2oc(=O)c(C(=O)NNC(=O)c3ccccc3)cc2c1. The average Bonchev–Trinajstić information content (AvgIpc) is 2.65. The molecule has 2 amide bonds. The van der Waals surface area contributed by atoms with Crippen LogP contribution in [-0.2, 0) is 0 Å². The Kier molecular flexibility index (Phi) is 4.47. The van der Waals surface area contributed by atoms with Gasteiger partial charge in [-0.25, -0.2) is 4.79 Å². The molecule has 0 atom stereocenters. The van der Waals surface area contributed by atoms with Gasteiger partial charge in [0.15, 0.2) is 0 Å². The molecule has 0 radical (unpaired) electrons. The molecule has 25 heavy (non-hydrogen) atoms. The molecule has 0 bridgehead atoms. The highest BCUT2D eigenvalue weighted by Crippen LogP contribution is 2.20. The molecular weight excluding hydrogens is 324 g/mol. The summed E-state index contributed by atoms with van der Waals surface area (Å²) in [6.45, 7) is 0. The number of hydrogen-bond acceptors (Lipinski definition) is 5. The molecule has 3 aromatic rings. The summed E-state index contributed by atoms with van der Waals surface area (Å²) < 4.78 is 10.2. The van der Waals surface area contributed by atoms with Crippen LogP contribution in [-0.4, -0.2) is 18.9 Å². The predicted octanol–water partition coefficient (Wildman–Crippen LogP) is 1.88. The van der Waals surface area contributed by atoms with Crippen LogP contribution in [0.25, 0.3) is 11.0 Å². The third-order valence-electron chi connectivity index (χ3n) is 3.51. The van der Waals surface area contributed by atoms with Crippen molar-refractivity contribution in [3.8, 4) is 5.75 Å². The molecule has 0 saturated carbocycles. The summed E-state index contributed by atoms with van der Waals surface area (Å²) in [5.41, 5.74) is 4.13. The van der Waals surface area contributed by atoms with E-state index in [9.17, 15) is 14.4 Å². The lowest BCUT2D eigenvalue weighted by Gasteiger charge is -2.07. The average molecular weight is 338 g/mol. The molecule has 0 aliphatic rings. The highest BCUT2D eigenvalue weighted by molar-refractivity contribution is 6.00. The van der Waals surface area contributed by atoms with Crippen molar-refractivity contribution in [2.75, 3.05) is 7.11 Å². The number of ether oxygens (including phenoxy) is 1. The lowest BCUT2D eigenvalue weighted by molar-refractivity contribution is 0.0844. The van der Waals surface area contributed by atoms with E-state index in [-0.39, 0.29) is 5.56 Å². The number of methoxy groups -OCH3 is 1. The Bertz CT molecular complexity index is 995. The number of fused-ring (bicyclic) bond motifs is 1. The fourth-order valence-electron chi connectivity index (χ4n) is 2.23. The fraction of sp³-hybridized carbons (Fsp3) is 0.0556. The summed E-state index contributed by atoms with van der Waals surface area (Å²) in [4.78, 5) is 36.1. The standard InChI is InChI=1S/C18H14N2O5/c1-24-13-7-8-15-12(9-13)10-14(18(23)25-15)17(22)20-19-16(21)11-5-3-2-4-6-11/h2-10H,1H3,(H,19,21)(H,20,22). The second-order valence-electron chi connectivity index (χ2n) is 5.13. The topological polar surface area (TPSA) is 97.6 Å². The van der Waals surface area contributed by atoms with Crippen LogP contribution >= 0.6 is 0 Å². The maximum atomic E-state index is 12.2. The molecule has 0 unspecified atom stereocenters. The zero-order chi connectivity index (χ0) is 17.8. The van der Waals surface area contributed by atoms with Crippen molar-refractivity contribution in [1.82, 2.24) is 10.9 Å². The van der Waals surface area contributed by atoms with Gasteiger partial charge in [-0.2, -0.15) is 0 Å². The Morgan fingerprint density at radius 2 is 1.68 bits per heavy atom. The molecule has 0 saturated heterocycles. The number of hydrogen-bond donors (Lipinski definition) is 2. The van der Waals surface area contributed by atoms with Gasteiger partial charge < -0.3 is 9.15 Å². The zero-order valence-corrected chi connectivity index (χ0v) is 13.2. The lowest BCUT2D eigenvalue weighted by Crippen LogP contribution is -2.43. The maximum absolute atomic E-state index is 12.2. The quantitative estimate of drug-likeness (QED) is 0.561. The molecule has 126 valence electrons. The van der Waals surface area contributed by atoms with Gasteiger partial charge in [0, 0.05) is 10.9 Å². The van der Waals surface area contributed by atoms with Crippen LogP contribution in [0.4, 0.5) is 0 Å². The van der Waals surface area contributed by atoms with E-state index >= 15 is 0 Å². The van der Waals surface area contributed by atoms with E-state index in [1.165, 1.54) is 13.2 Å². The molecule has 0 aliphatic carbocycles. The molecule has 1 aromatic heterocycles. The molecule has 0 aliphatic heterocycles. The second-order valence-corrected chi connectivity index (χ2v) is 5.13. The van der Waals surface area contributed by atoms with Crippen LogP contribution in [0.5, 0.6) is 5.75 Å². The van der Waals surface area contributed by atoms with E-state index in [4.69, 9.17) is 9.15 Å². The first-order valence-corrected chi connectivity index (χ1v) is 7.36. The van der Waals surface area contributed by atoms with Gasteiger partial charge in [0.25, 0.3) is 11.8 Å². The van der Waals surface area contributed by atoms with Crippen molar-refractivity contribution in [1.29, 1.82) is 0 Å². The molecule has 2 N–H and O–H groups in total. The van der Waals surface area contributed by atoms with E-state index < -0.39 is 17.4 Å². The van der Waals surface area contributed by atoms with Crippen LogP contribution in [0.3, 0.4) is 0 Å². The molecular formula is C18H14N2O5. The van der Waals surface area contributed by atoms with Crippen molar-refractivity contribution >= 4 is 22.8 Å². The van der Waals surface area contributed by atoms with Gasteiger partial charge in [-0.05, 0) is 36.4 Å². The minimum atomic E-state index is -0.802. The van der Waals surface area contributed by atoms with E-state index in [1.807, 2.05) is 0 Å². The van der Waals surface area contributed by atoms with Gasteiger partial charge in [0.1, 0.15) is 16.9 Å². The summed E-state index contributed by atoms with van der Waals surface area (Å²) in [5.74, 6) is -0.714. The first kappa shape index (κ1) is 16.3. The Morgan fingerprint density at radius 1 is 0.960 bits per heavy atom. The largest absolute Gasteiger partial charge is 0.497 e. The molecule has 7 nitrogen and oxygen atoms in total. The summed E-state index contributed by atoms with van der Waals surface area (Å²) in [5, 5.41) is 0.526. The van der Waals surface area contributed by atoms with E-state index in [0.717, 1.165) is 0 Å². The molecule has 2 aromatic carbocycles. The Morgan fingerprint density at radius 3 is 2.40 bits per heavy atom. The summed E-state index contributed by atoms with van der Waals surface area (Å²) in [7, 11) is 1.51. The van der Waals surface area contributed by atoms with Gasteiger partial charge in [0.05, 0.1) is 7.11 Å². The van der Waals surface area contributed by atoms with E-state index in [1.54, 1.807) is 48.5 Å². The summed E-state index contributed by atoms with van der Waals surface area (Å²) in [6.07, 6.45) is 0. The maximum Gasteiger partial charge on any atom is 0.349 e. The van der Waals surface area contributed by atoms with Crippen LogP contribution in [0, 0.1) is 0 Å². The normalized spacial score (nSPS) is 10.3. The van der Waals surface area contributed by atoms with Crippen molar-refractivity contribution in [3.63, 3.8) is 0 Å². The summed E-state index contributed by atoms with van der Waals surface area (Å²) >= 11 is 0. The molecule has 1 heterocycles. The Hall–Kier alpha value is -3.61. The van der Waals surface area contributed by atoms with Gasteiger partial charge >= 0.3 is 5.63 Å². The number of nitrogens with one attached hydrogen (secondary N) is 2. The predicted molar refractivity (Wildman–Crippen MR) is 90.4 cm³/mol. The molecule has 3 rings (SSSR count). The first-order valence-electron chi connectivity index (χ1n) is 7.36. The minimum Gasteiger partial charge on any atom is -0.497 e. The van der Waals surface area contributed by atoms with Crippen LogP contribution in [0.1, 0.15) is 20.7 Å². The fourth-order valence-corrected chi connectivity index (χ4v) is 2.23. The third kappa shape index (κ3) is 3.50. The smallest absolute Gasteiger partial charge is 0.349 e. The van der Waals surface area contributed by atoms with E-state index in [2.05, 4.69) is 10.9 Å². The number of carbonyl (C=O) groups excluding carboxylic acids is 2. The Balaban J connectivity index is 1.80. The lowest BCUT2D eigenvalue weighted by atomic mass is 10.1. The summed E-state index contributed by atoms with van der Waals surface area (Å²) in [6, 6.07) is 14.6. The minimum absolute atomic E-state index is 0.228. The van der Waals surface area contributed by atoms with Gasteiger partial charge in [-0.15, -0.1) is 0 Å². The van der Waals surface area contributed by atoms with Crippen molar-refractivity contribution < 1.29 is 18.7 Å². The molecule has 7 heteroatoms. The van der Waals surface area contributed by atoms with Gasteiger partial charge in [-0.3, -0.25) is 20.4 Å². The molecule has 0 fully saturated rings. The highest BCUT2D eigenvalue weighted by atomic mass is 16.5. The van der Waals surface area contributed by atoms with Gasteiger partial charge in [-0.1, -0.05) is 18.2 Å². The zero-order valence-electron chi connectivity index (χ0n) is 13.2. The Labute approximate surface area is 142 Å². The van der Waals surface area contributed by atoms with Crippen molar-refractivity contribution in [3.05, 3.63) is 76.1 Å². The number of carbonyl (C=O) groups is 2. The van der Waals surface area contributed by atoms with Crippen LogP contribution < -0.4 is 21.2 Å². The van der Waals surface area contributed by atoms with Gasteiger partial charge in [0.2, 0.25) is 0 Å². The monoisotopic (exact) mass is 338 g/mol. The highest BCUT2D eigenvalue weighted by Gasteiger charge is 2.15. The molecule has 0 spiro atoms. The van der Waals surface area contributed by atoms with Crippen molar-refractivity contribution in [2.24, 2.45) is 0 Å². The number of rotatable bonds is 3. The third-order valence-corrected chi connectivity index (χ3v) is 3.51. The number of amides is 2. The van der Waals surface area contributed by atoms with Crippen LogP contribution in [0.15, 0.2) is 63.8 Å². The van der Waals surface area contributed by atoms with E-state index in [0.29, 0.717) is 22.3 Å². The van der Waals surface area contributed by atoms with Crippen molar-refractivity contribution in [2.45, 2.75) is 0 Å².